The molecular formula is C22H34N4O6. The lowest BCUT2D eigenvalue weighted by Gasteiger charge is -2.37. The van der Waals surface area contributed by atoms with Crippen LogP contribution in [0.5, 0.6) is 0 Å². The minimum Gasteiger partial charge on any atom is -0.469 e. The second-order valence-corrected chi connectivity index (χ2v) is 9.05. The zero-order valence-corrected chi connectivity index (χ0v) is 20.0. The molecule has 0 saturated carbocycles. The first-order valence-electron chi connectivity index (χ1n) is 10.8. The van der Waals surface area contributed by atoms with Crippen molar-refractivity contribution in [1.82, 2.24) is 14.9 Å². The highest BCUT2D eigenvalue weighted by atomic mass is 16.6. The van der Waals surface area contributed by atoms with Gasteiger partial charge in [0.25, 0.3) is 0 Å². The molecule has 0 unspecified atom stereocenters. The van der Waals surface area contributed by atoms with Gasteiger partial charge in [-0.2, -0.15) is 0 Å². The molecule has 0 aliphatic carbocycles. The monoisotopic (exact) mass is 450 g/mol. The second kappa shape index (κ2) is 10.6. The molecule has 0 radical (unpaired) electrons. The predicted molar refractivity (Wildman–Crippen MR) is 118 cm³/mol. The van der Waals surface area contributed by atoms with Gasteiger partial charge in [-0.15, -0.1) is 0 Å². The van der Waals surface area contributed by atoms with Gasteiger partial charge < -0.3 is 24.0 Å². The Labute approximate surface area is 189 Å². The molecule has 0 bridgehead atoms. The number of hydrogen-bond donors (Lipinski definition) is 0. The summed E-state index contributed by atoms with van der Waals surface area (Å²) in [6.45, 7) is 12.7. The van der Waals surface area contributed by atoms with Crippen molar-refractivity contribution in [3.63, 3.8) is 0 Å². The van der Waals surface area contributed by atoms with E-state index in [9.17, 15) is 14.4 Å². The number of hydrogen-bond acceptors (Lipinski definition) is 9. The molecule has 1 aliphatic heterocycles. The molecule has 0 aromatic carbocycles. The van der Waals surface area contributed by atoms with Gasteiger partial charge >= 0.3 is 18.0 Å². The first-order chi connectivity index (χ1) is 14.9. The van der Waals surface area contributed by atoms with Gasteiger partial charge in [-0.25, -0.2) is 19.6 Å². The molecule has 1 amide bonds. The third kappa shape index (κ3) is 6.80. The van der Waals surface area contributed by atoms with Crippen LogP contribution in [0.3, 0.4) is 0 Å². The van der Waals surface area contributed by atoms with E-state index in [4.69, 9.17) is 14.2 Å². The molecule has 32 heavy (non-hydrogen) atoms. The standard InChI is InChI=1S/C22H34N4O6/c1-14(2)31-20(28)18-17(15(3)12-16(27)30-7)19(24-13-23-18)25-8-10-26(11-9-25)21(29)32-22(4,5)6/h13-15H,8-12H2,1-7H3/t15-/m1/s1. The van der Waals surface area contributed by atoms with Crippen molar-refractivity contribution in [3.8, 4) is 0 Å². The van der Waals surface area contributed by atoms with Gasteiger partial charge in [0.2, 0.25) is 0 Å². The van der Waals surface area contributed by atoms with Crippen LogP contribution in [0.15, 0.2) is 6.33 Å². The lowest BCUT2D eigenvalue weighted by Crippen LogP contribution is -2.50. The van der Waals surface area contributed by atoms with E-state index in [2.05, 4.69) is 9.97 Å². The number of piperazine rings is 1. The maximum atomic E-state index is 12.7. The van der Waals surface area contributed by atoms with Gasteiger partial charge in [0, 0.05) is 31.7 Å². The smallest absolute Gasteiger partial charge is 0.410 e. The van der Waals surface area contributed by atoms with E-state index in [1.54, 1.807) is 18.7 Å². The zero-order valence-electron chi connectivity index (χ0n) is 20.0. The van der Waals surface area contributed by atoms with Crippen LogP contribution in [0, 0.1) is 0 Å². The summed E-state index contributed by atoms with van der Waals surface area (Å²) in [6.07, 6.45) is 0.708. The van der Waals surface area contributed by atoms with Gasteiger partial charge in [-0.1, -0.05) is 6.92 Å². The molecule has 0 spiro atoms. The number of amides is 1. The summed E-state index contributed by atoms with van der Waals surface area (Å²) in [5.74, 6) is -0.791. The fraction of sp³-hybridized carbons (Fsp3) is 0.682. The summed E-state index contributed by atoms with van der Waals surface area (Å²) in [7, 11) is 1.32. The van der Waals surface area contributed by atoms with Gasteiger partial charge in [0.15, 0.2) is 5.69 Å². The number of esters is 2. The molecule has 10 nitrogen and oxygen atoms in total. The largest absolute Gasteiger partial charge is 0.469 e. The Morgan fingerprint density at radius 1 is 1.06 bits per heavy atom. The number of methoxy groups -OCH3 is 1. The van der Waals surface area contributed by atoms with E-state index in [1.807, 2.05) is 32.6 Å². The zero-order chi connectivity index (χ0) is 24.1. The molecule has 1 atom stereocenters. The first-order valence-corrected chi connectivity index (χ1v) is 10.8. The van der Waals surface area contributed by atoms with Crippen molar-refractivity contribution >= 4 is 23.8 Å². The molecule has 1 saturated heterocycles. The molecule has 2 rings (SSSR count). The highest BCUT2D eigenvalue weighted by Gasteiger charge is 2.31. The maximum Gasteiger partial charge on any atom is 0.410 e. The Balaban J connectivity index is 2.30. The normalized spacial score (nSPS) is 15.4. The SMILES string of the molecule is COC(=O)C[C@@H](C)c1c(C(=O)OC(C)C)ncnc1N1CCN(C(=O)OC(C)(C)C)CC1. The number of nitrogens with zero attached hydrogens (tertiary/aromatic N) is 4. The lowest BCUT2D eigenvalue weighted by atomic mass is 9.95. The first kappa shape index (κ1) is 25.4. The van der Waals surface area contributed by atoms with Crippen molar-refractivity contribution in [2.24, 2.45) is 0 Å². The average Bonchev–Trinajstić information content (AvgIpc) is 2.71. The number of anilines is 1. The molecule has 178 valence electrons. The third-order valence-electron chi connectivity index (χ3n) is 4.82. The van der Waals surface area contributed by atoms with Crippen LogP contribution in [0.25, 0.3) is 0 Å². The number of carbonyl (C=O) groups excluding carboxylic acids is 3. The van der Waals surface area contributed by atoms with E-state index in [1.165, 1.54) is 13.4 Å². The molecule has 0 N–H and O–H groups in total. The van der Waals surface area contributed by atoms with Crippen LogP contribution in [-0.2, 0) is 19.0 Å². The highest BCUT2D eigenvalue weighted by Crippen LogP contribution is 2.32. The summed E-state index contributed by atoms with van der Waals surface area (Å²) in [6, 6.07) is 0. The predicted octanol–water partition coefficient (Wildman–Crippen LogP) is 2.77. The summed E-state index contributed by atoms with van der Waals surface area (Å²) < 4.78 is 15.6. The fourth-order valence-corrected chi connectivity index (χ4v) is 3.39. The lowest BCUT2D eigenvalue weighted by molar-refractivity contribution is -0.141. The van der Waals surface area contributed by atoms with Gasteiger partial charge in [0.1, 0.15) is 17.7 Å². The van der Waals surface area contributed by atoms with Crippen molar-refractivity contribution in [3.05, 3.63) is 17.6 Å². The van der Waals surface area contributed by atoms with Crippen molar-refractivity contribution in [2.75, 3.05) is 38.2 Å². The van der Waals surface area contributed by atoms with E-state index < -0.39 is 17.5 Å². The van der Waals surface area contributed by atoms with Gasteiger partial charge in [0.05, 0.1) is 19.6 Å². The van der Waals surface area contributed by atoms with Crippen molar-refractivity contribution in [1.29, 1.82) is 0 Å². The van der Waals surface area contributed by atoms with Crippen molar-refractivity contribution in [2.45, 2.75) is 65.6 Å². The van der Waals surface area contributed by atoms with Crippen LogP contribution in [0.2, 0.25) is 0 Å². The molecule has 1 aromatic heterocycles. The van der Waals surface area contributed by atoms with Crippen LogP contribution >= 0.6 is 0 Å². The number of aromatic nitrogens is 2. The quantitative estimate of drug-likeness (QED) is 0.477. The average molecular weight is 451 g/mol. The van der Waals surface area contributed by atoms with E-state index in [0.29, 0.717) is 37.6 Å². The second-order valence-electron chi connectivity index (χ2n) is 9.05. The van der Waals surface area contributed by atoms with Crippen LogP contribution in [0.1, 0.15) is 69.9 Å². The van der Waals surface area contributed by atoms with E-state index >= 15 is 0 Å². The molecule has 1 aliphatic rings. The number of ether oxygens (including phenoxy) is 3. The van der Waals surface area contributed by atoms with Crippen LogP contribution in [0.4, 0.5) is 10.6 Å². The summed E-state index contributed by atoms with van der Waals surface area (Å²) in [5, 5.41) is 0. The molecule has 10 heteroatoms. The Morgan fingerprint density at radius 2 is 1.69 bits per heavy atom. The maximum absolute atomic E-state index is 12.7. The van der Waals surface area contributed by atoms with Crippen LogP contribution < -0.4 is 4.90 Å². The van der Waals surface area contributed by atoms with Gasteiger partial charge in [-0.05, 0) is 40.5 Å². The van der Waals surface area contributed by atoms with Crippen molar-refractivity contribution < 1.29 is 28.6 Å². The molecular weight excluding hydrogens is 416 g/mol. The summed E-state index contributed by atoms with van der Waals surface area (Å²) in [4.78, 5) is 49.3. The third-order valence-corrected chi connectivity index (χ3v) is 4.82. The number of rotatable bonds is 6. The van der Waals surface area contributed by atoms with Crippen LogP contribution in [-0.4, -0.2) is 77.9 Å². The highest BCUT2D eigenvalue weighted by molar-refractivity contribution is 5.91. The minimum atomic E-state index is -0.567. The van der Waals surface area contributed by atoms with Gasteiger partial charge in [-0.3, -0.25) is 4.79 Å². The Morgan fingerprint density at radius 3 is 2.22 bits per heavy atom. The van der Waals surface area contributed by atoms with E-state index in [0.717, 1.165) is 0 Å². The summed E-state index contributed by atoms with van der Waals surface area (Å²) >= 11 is 0. The number of carbonyl (C=O) groups is 3. The van der Waals surface area contributed by atoms with E-state index in [-0.39, 0.29) is 30.2 Å². The summed E-state index contributed by atoms with van der Waals surface area (Å²) in [5.41, 5.74) is 0.104. The molecule has 2 heterocycles. The molecule has 1 aromatic rings. The Hall–Kier alpha value is -2.91. The topological polar surface area (TPSA) is 111 Å². The fourth-order valence-electron chi connectivity index (χ4n) is 3.39. The molecule has 1 fully saturated rings. The Bertz CT molecular complexity index is 828. The minimum absolute atomic E-state index is 0.0662. The Kier molecular flexibility index (Phi) is 8.40.